The smallest absolute Gasteiger partial charge is 0.360 e. The Morgan fingerprint density at radius 2 is 1.67 bits per heavy atom. The van der Waals surface area contributed by atoms with E-state index in [0.717, 1.165) is 48.0 Å². The number of methoxy groups -OCH3 is 1. The molecule has 4 amide bonds. The number of fused-ring (bicyclic) bond motifs is 2. The fourth-order valence-corrected chi connectivity index (χ4v) is 15.4. The number of piperazine rings is 1. The number of aromatic nitrogens is 6. The molecule has 4 aromatic carbocycles. The second-order valence-electron chi connectivity index (χ2n) is 26.7. The molecule has 104 heavy (non-hydrogen) atoms. The number of Topliss-reactive ketones (excluding diaryl/α,β-unsaturated/α-hetero) is 1. The lowest BCUT2D eigenvalue weighted by Crippen LogP contribution is -2.58. The number of likely N-dealkylation sites (tertiary alicyclic amines) is 1. The molecule has 0 aliphatic carbocycles. The summed E-state index contributed by atoms with van der Waals surface area (Å²) in [6, 6.07) is 24.3. The number of ether oxygens (including phenoxy) is 6. The molecule has 11 rings (SSSR count). The van der Waals surface area contributed by atoms with E-state index >= 15 is 4.39 Å². The number of hydrogen-bond donors (Lipinski definition) is 3. The summed E-state index contributed by atoms with van der Waals surface area (Å²) in [5, 5.41) is 26.1. The lowest BCUT2D eigenvalue weighted by Gasteiger charge is -2.35. The fourth-order valence-electron chi connectivity index (χ4n) is 12.5. The van der Waals surface area contributed by atoms with E-state index in [1.54, 1.807) is 39.9 Å². The third kappa shape index (κ3) is 20.7. The lowest BCUT2D eigenvalue weighted by atomic mass is 9.85. The normalized spacial score (nSPS) is 15.7. The number of aryl methyl sites for hydroxylation is 3. The number of aliphatic hydroxyl groups is 1. The number of rotatable bonds is 33. The molecule has 25 nitrogen and oxygen atoms in total. The molecule has 2 fully saturated rings. The van der Waals surface area contributed by atoms with E-state index in [1.807, 2.05) is 93.3 Å². The average Bonchev–Trinajstić information content (AvgIpc) is 1.71. The van der Waals surface area contributed by atoms with Crippen molar-refractivity contribution in [1.29, 1.82) is 0 Å². The van der Waals surface area contributed by atoms with Crippen LogP contribution in [-0.2, 0) is 88.4 Å². The molecule has 8 aromatic rings. The Labute approximate surface area is 615 Å². The van der Waals surface area contributed by atoms with Crippen LogP contribution < -0.4 is 20.3 Å². The van der Waals surface area contributed by atoms with E-state index < -0.39 is 47.2 Å². The van der Waals surface area contributed by atoms with Gasteiger partial charge in [-0.05, 0) is 90.6 Å². The number of anilines is 1. The van der Waals surface area contributed by atoms with Gasteiger partial charge in [-0.1, -0.05) is 92.4 Å². The van der Waals surface area contributed by atoms with Gasteiger partial charge in [-0.3, -0.25) is 33.6 Å². The minimum Gasteiger partial charge on any atom is -0.491 e. The van der Waals surface area contributed by atoms with E-state index in [9.17, 15) is 33.9 Å². The molecule has 0 bridgehead atoms. The Bertz CT molecular complexity index is 4310. The molecule has 3 atom stereocenters. The van der Waals surface area contributed by atoms with Crippen molar-refractivity contribution in [3.8, 4) is 28.0 Å². The maximum atomic E-state index is 15.4. The van der Waals surface area contributed by atoms with E-state index in [1.165, 1.54) is 40.7 Å². The zero-order valence-electron chi connectivity index (χ0n) is 59.1. The first-order chi connectivity index (χ1) is 50.3. The molecular weight excluding hydrogens is 1390 g/mol. The van der Waals surface area contributed by atoms with Crippen LogP contribution in [0, 0.1) is 30.0 Å². The summed E-state index contributed by atoms with van der Waals surface area (Å²) in [7, 11) is 1.43. The fraction of sp³-hybridized carbons (Fsp3) is 0.453. The number of halogens is 1. The van der Waals surface area contributed by atoms with Gasteiger partial charge in [0.05, 0.1) is 91.2 Å². The molecule has 0 saturated carbocycles. The molecule has 3 aliphatic heterocycles. The number of hydrogen-bond acceptors (Lipinski definition) is 23. The van der Waals surface area contributed by atoms with Crippen molar-refractivity contribution in [3.63, 3.8) is 0 Å². The van der Waals surface area contributed by atoms with Gasteiger partial charge in [-0.2, -0.15) is 0 Å². The van der Waals surface area contributed by atoms with Crippen LogP contribution in [0.5, 0.6) is 5.75 Å². The average molecular weight is 1480 g/mol. The van der Waals surface area contributed by atoms with Crippen molar-refractivity contribution in [2.45, 2.75) is 117 Å². The Morgan fingerprint density at radius 3 is 2.44 bits per heavy atom. The van der Waals surface area contributed by atoms with Crippen LogP contribution in [0.4, 0.5) is 9.52 Å². The lowest BCUT2D eigenvalue weighted by molar-refractivity contribution is -0.144. The van der Waals surface area contributed by atoms with Crippen LogP contribution in [0.2, 0.25) is 0 Å². The number of carbonyl (C=O) groups excluding carboxylic acids is 6. The molecular formula is C75H87FN12O13S3. The van der Waals surface area contributed by atoms with Crippen LogP contribution >= 0.6 is 34.0 Å². The van der Waals surface area contributed by atoms with Gasteiger partial charge < -0.3 is 58.9 Å². The highest BCUT2D eigenvalue weighted by Gasteiger charge is 2.44. The van der Waals surface area contributed by atoms with Gasteiger partial charge in [0, 0.05) is 94.9 Å². The molecule has 3 N–H and O–H groups in total. The summed E-state index contributed by atoms with van der Waals surface area (Å²) >= 11 is 4.48. The summed E-state index contributed by atoms with van der Waals surface area (Å²) < 4.78 is 51.3. The number of carbonyl (C=O) groups is 6. The van der Waals surface area contributed by atoms with Gasteiger partial charge in [-0.15, -0.1) is 39.1 Å². The zero-order chi connectivity index (χ0) is 73.1. The number of nitrogens with zero attached hydrogens (tertiary/aromatic N) is 10. The van der Waals surface area contributed by atoms with Gasteiger partial charge in [0.1, 0.15) is 29.4 Å². The second kappa shape index (κ2) is 36.6. The highest BCUT2D eigenvalue weighted by Crippen LogP contribution is 2.35. The van der Waals surface area contributed by atoms with Crippen LogP contribution in [0.25, 0.3) is 20.7 Å². The van der Waals surface area contributed by atoms with Crippen molar-refractivity contribution < 1.29 is 66.7 Å². The van der Waals surface area contributed by atoms with Crippen LogP contribution in [0.1, 0.15) is 111 Å². The van der Waals surface area contributed by atoms with Crippen molar-refractivity contribution in [2.75, 3.05) is 104 Å². The largest absolute Gasteiger partial charge is 0.491 e. The third-order valence-electron chi connectivity index (χ3n) is 18.0. The van der Waals surface area contributed by atoms with Crippen LogP contribution in [0.3, 0.4) is 0 Å². The highest BCUT2D eigenvalue weighted by molar-refractivity contribution is 7.18. The van der Waals surface area contributed by atoms with Crippen molar-refractivity contribution in [1.82, 2.24) is 55.3 Å². The number of β-amino-alcohol motifs (C(OH)–C–C–N with tert-alkyl or cyclic N) is 1. The summed E-state index contributed by atoms with van der Waals surface area (Å²) in [6.45, 7) is 12.8. The molecule has 0 unspecified atom stereocenters. The number of ketones is 1. The predicted octanol–water partition coefficient (Wildman–Crippen LogP) is 8.01. The van der Waals surface area contributed by atoms with Gasteiger partial charge in [-0.25, -0.2) is 24.1 Å². The molecule has 7 heterocycles. The predicted molar refractivity (Wildman–Crippen MR) is 391 cm³/mol. The standard InChI is InChI=1S/C75H87FN12O13S3/c1-49-69(102-47-78-49)53-22-19-51(20-23-53)41-77-71(93)60-39-55(89)43-88(60)72(94)70(75(2,3)4)80-65(91)46-99-37-35-97-34-36-98-45-54-42-87(83-82-54)27-10-18-67(92)85-31-29-84(30-32-85)26-9-12-50-21-24-62(58(76)38-50)100-33-11-17-64-68(73(95)101-48-96-5)81-74(104-64)86-28-25-52-13-8-14-56(57(52)44-86)61(90)40-66-79-59-15-6-7-16-63(59)103-66/h6-8,13-16,19-24,38,42,47,55,60,70,89H,10-11,17-18,25-37,39-41,43-46,48H2,1-5H3,(H,77,93)(H,80,91)/t55-,60+,70-/m1/s1. The Kier molecular flexibility index (Phi) is 26.8. The van der Waals surface area contributed by atoms with E-state index in [0.29, 0.717) is 111 Å². The molecule has 0 radical (unpaired) electrons. The summed E-state index contributed by atoms with van der Waals surface area (Å²) in [6.07, 6.45) is 3.67. The molecule has 3 aliphatic rings. The monoisotopic (exact) mass is 1480 g/mol. The van der Waals surface area contributed by atoms with Crippen LogP contribution in [-0.4, -0.2) is 203 Å². The number of aliphatic hydroxyl groups excluding tert-OH is 1. The third-order valence-corrected chi connectivity index (χ3v) is 21.2. The van der Waals surface area contributed by atoms with Gasteiger partial charge >= 0.3 is 5.97 Å². The first-order valence-corrected chi connectivity index (χ1v) is 37.3. The first kappa shape index (κ1) is 76.2. The maximum absolute atomic E-state index is 15.4. The minimum absolute atomic E-state index is 0.00230. The Balaban J connectivity index is 0.529. The van der Waals surface area contributed by atoms with E-state index in [-0.39, 0.29) is 108 Å². The number of thiazole rings is 3. The second-order valence-corrected chi connectivity index (χ2v) is 29.7. The number of para-hydroxylation sites is 1. The minimum atomic E-state index is -0.995. The number of benzene rings is 4. The maximum Gasteiger partial charge on any atom is 0.360 e. The molecule has 2 saturated heterocycles. The van der Waals surface area contributed by atoms with Crippen LogP contribution in [0.15, 0.2) is 96.6 Å². The number of esters is 1. The van der Waals surface area contributed by atoms with Crippen molar-refractivity contribution in [2.24, 2.45) is 5.41 Å². The molecule has 0 spiro atoms. The number of amides is 4. The van der Waals surface area contributed by atoms with Gasteiger partial charge in [0.25, 0.3) is 0 Å². The highest BCUT2D eigenvalue weighted by atomic mass is 32.1. The summed E-state index contributed by atoms with van der Waals surface area (Å²) in [5.41, 5.74) is 8.84. The van der Waals surface area contributed by atoms with E-state index in [2.05, 4.69) is 53.6 Å². The van der Waals surface area contributed by atoms with Crippen molar-refractivity contribution in [3.05, 3.63) is 157 Å². The van der Waals surface area contributed by atoms with Gasteiger partial charge in [0.2, 0.25) is 23.6 Å². The van der Waals surface area contributed by atoms with Gasteiger partial charge in [0.15, 0.2) is 35.0 Å². The topological polar surface area (TPSA) is 284 Å². The Hall–Kier alpha value is -8.96. The molecule has 550 valence electrons. The Morgan fingerprint density at radius 1 is 0.875 bits per heavy atom. The number of nitrogens with one attached hydrogen (secondary N) is 2. The molecule has 29 heteroatoms. The SMILES string of the molecule is COCOC(=O)c1nc(N2CCc3cccc(C(=O)Cc4nc5ccccc5s4)c3C2)sc1CCCOc1ccc(C#CCN2CCN(C(=O)CCCn3cc(COCCOCCOCC(=O)N[C@H](C(=O)N4C[C@H](O)C[C@H]4C(=O)NCc4ccc(-c5scnc5C)cc4)C(C)(C)C)nn3)CC2)cc1F. The zero-order valence-corrected chi connectivity index (χ0v) is 61.5. The molecule has 4 aromatic heterocycles. The summed E-state index contributed by atoms with van der Waals surface area (Å²) in [4.78, 5) is 104. The van der Waals surface area contributed by atoms with Crippen molar-refractivity contribution >= 4 is 84.7 Å². The quantitative estimate of drug-likeness (QED) is 0.0115. The summed E-state index contributed by atoms with van der Waals surface area (Å²) in [5.74, 6) is 3.84. The first-order valence-electron chi connectivity index (χ1n) is 34.8. The van der Waals surface area contributed by atoms with E-state index in [4.69, 9.17) is 38.4 Å².